The van der Waals surface area contributed by atoms with Gasteiger partial charge in [0.2, 0.25) is 5.60 Å². The monoisotopic (exact) mass is 310 g/mol. The number of hydrogen-bond donors (Lipinski definition) is 3. The van der Waals surface area contributed by atoms with Gasteiger partial charge in [-0.1, -0.05) is 0 Å². The Labute approximate surface area is 115 Å². The number of nitrogens with one attached hydrogen (secondary N) is 1. The van der Waals surface area contributed by atoms with E-state index in [1.807, 2.05) is 4.98 Å². The van der Waals surface area contributed by atoms with Crippen molar-refractivity contribution in [2.75, 3.05) is 6.61 Å². The van der Waals surface area contributed by atoms with Gasteiger partial charge in [-0.05, 0) is 6.92 Å². The number of aliphatic hydroxyl groups is 2. The molecule has 0 bridgehead atoms. The lowest BCUT2D eigenvalue weighted by atomic mass is 9.97. The second kappa shape index (κ2) is 4.97. The van der Waals surface area contributed by atoms with E-state index in [4.69, 9.17) is 9.84 Å². The van der Waals surface area contributed by atoms with E-state index >= 15 is 0 Å². The highest BCUT2D eigenvalue weighted by Crippen LogP contribution is 2.46. The van der Waals surface area contributed by atoms with Crippen molar-refractivity contribution in [2.24, 2.45) is 0 Å². The first-order valence-corrected chi connectivity index (χ1v) is 5.98. The van der Waals surface area contributed by atoms with Gasteiger partial charge in [-0.25, -0.2) is 4.79 Å². The van der Waals surface area contributed by atoms with Crippen LogP contribution in [0.4, 0.5) is 13.2 Å². The summed E-state index contributed by atoms with van der Waals surface area (Å²) in [6.45, 7) is -0.117. The molecule has 2 heterocycles. The number of ether oxygens (including phenoxy) is 1. The highest BCUT2D eigenvalue weighted by atomic mass is 19.4. The Balaban J connectivity index is 2.45. The van der Waals surface area contributed by atoms with Crippen molar-refractivity contribution in [3.63, 3.8) is 0 Å². The molecule has 7 nitrogen and oxygen atoms in total. The van der Waals surface area contributed by atoms with Gasteiger partial charge in [0.1, 0.15) is 6.23 Å². The Hall–Kier alpha value is -1.65. The van der Waals surface area contributed by atoms with Crippen molar-refractivity contribution in [1.29, 1.82) is 0 Å². The highest BCUT2D eigenvalue weighted by Gasteiger charge is 2.65. The predicted octanol–water partition coefficient (Wildman–Crippen LogP) is -0.582. The summed E-state index contributed by atoms with van der Waals surface area (Å²) in [6, 6.07) is 0. The van der Waals surface area contributed by atoms with Crippen molar-refractivity contribution >= 4 is 0 Å². The smallest absolute Gasteiger partial charge is 0.393 e. The van der Waals surface area contributed by atoms with Gasteiger partial charge in [0.15, 0.2) is 0 Å². The maximum absolute atomic E-state index is 13.0. The number of aromatic amines is 1. The van der Waals surface area contributed by atoms with Crippen LogP contribution in [0.2, 0.25) is 0 Å². The lowest BCUT2D eigenvalue weighted by Gasteiger charge is -2.32. The van der Waals surface area contributed by atoms with Crippen molar-refractivity contribution in [3.8, 4) is 0 Å². The topological polar surface area (TPSA) is 105 Å². The molecule has 2 rings (SSSR count). The maximum Gasteiger partial charge on any atom is 0.422 e. The van der Waals surface area contributed by atoms with E-state index in [1.165, 1.54) is 6.92 Å². The molecule has 3 atom stereocenters. The van der Waals surface area contributed by atoms with Gasteiger partial charge < -0.3 is 14.9 Å². The summed E-state index contributed by atoms with van der Waals surface area (Å²) < 4.78 is 44.5. The Morgan fingerprint density at radius 1 is 1.52 bits per heavy atom. The SMILES string of the molecule is Cc1cn([C@H]2CC(O)[C@](CO)(C(F)(F)F)O2)c(=O)[nH]c1=O. The Morgan fingerprint density at radius 2 is 2.14 bits per heavy atom. The molecule has 3 N–H and O–H groups in total. The lowest BCUT2D eigenvalue weighted by Crippen LogP contribution is -2.55. The quantitative estimate of drug-likeness (QED) is 0.678. The number of alkyl halides is 3. The third-order valence-corrected chi connectivity index (χ3v) is 3.48. The van der Waals surface area contributed by atoms with Crippen LogP contribution in [0, 0.1) is 6.92 Å². The van der Waals surface area contributed by atoms with E-state index in [2.05, 4.69) is 0 Å². The highest BCUT2D eigenvalue weighted by molar-refractivity contribution is 5.05. The number of aromatic nitrogens is 2. The minimum Gasteiger partial charge on any atom is -0.393 e. The summed E-state index contributed by atoms with van der Waals surface area (Å²) in [4.78, 5) is 24.8. The number of hydrogen-bond acceptors (Lipinski definition) is 5. The molecule has 0 amide bonds. The van der Waals surface area contributed by atoms with Crippen molar-refractivity contribution in [1.82, 2.24) is 9.55 Å². The second-order valence-electron chi connectivity index (χ2n) is 4.85. The van der Waals surface area contributed by atoms with Gasteiger partial charge in [0, 0.05) is 18.2 Å². The Morgan fingerprint density at radius 3 is 2.62 bits per heavy atom. The zero-order chi connectivity index (χ0) is 16.0. The van der Waals surface area contributed by atoms with E-state index < -0.39 is 48.4 Å². The van der Waals surface area contributed by atoms with Crippen LogP contribution in [0.25, 0.3) is 0 Å². The molecule has 0 saturated carbocycles. The molecule has 1 unspecified atom stereocenters. The number of halogens is 3. The molecule has 1 fully saturated rings. The molecule has 21 heavy (non-hydrogen) atoms. The molecule has 118 valence electrons. The molecule has 1 aromatic rings. The zero-order valence-electron chi connectivity index (χ0n) is 10.8. The van der Waals surface area contributed by atoms with Crippen LogP contribution in [0.1, 0.15) is 18.2 Å². The largest absolute Gasteiger partial charge is 0.422 e. The van der Waals surface area contributed by atoms with Crippen LogP contribution < -0.4 is 11.2 Å². The van der Waals surface area contributed by atoms with Gasteiger partial charge in [0.05, 0.1) is 12.7 Å². The number of nitrogens with zero attached hydrogens (tertiary/aromatic N) is 1. The molecule has 0 radical (unpaired) electrons. The molecular formula is C11H13F3N2O5. The van der Waals surface area contributed by atoms with E-state index in [9.17, 15) is 27.9 Å². The van der Waals surface area contributed by atoms with Crippen LogP contribution >= 0.6 is 0 Å². The van der Waals surface area contributed by atoms with Crippen LogP contribution in [0.3, 0.4) is 0 Å². The van der Waals surface area contributed by atoms with Gasteiger partial charge in [0.25, 0.3) is 5.56 Å². The minimum atomic E-state index is -5.02. The van der Waals surface area contributed by atoms with Gasteiger partial charge in [-0.3, -0.25) is 14.3 Å². The summed E-state index contributed by atoms with van der Waals surface area (Å²) in [7, 11) is 0. The lowest BCUT2D eigenvalue weighted by molar-refractivity contribution is -0.305. The second-order valence-corrected chi connectivity index (χ2v) is 4.85. The van der Waals surface area contributed by atoms with Crippen LogP contribution in [-0.2, 0) is 4.74 Å². The van der Waals surface area contributed by atoms with Gasteiger partial charge in [-0.15, -0.1) is 0 Å². The molecule has 1 saturated heterocycles. The van der Waals surface area contributed by atoms with Gasteiger partial charge in [-0.2, -0.15) is 13.2 Å². The van der Waals surface area contributed by atoms with Crippen LogP contribution in [-0.4, -0.2) is 44.3 Å². The summed E-state index contributed by atoms with van der Waals surface area (Å²) >= 11 is 0. The molecule has 0 aromatic carbocycles. The third kappa shape index (κ3) is 2.39. The van der Waals surface area contributed by atoms with E-state index in [1.54, 1.807) is 0 Å². The van der Waals surface area contributed by atoms with Crippen LogP contribution in [0.15, 0.2) is 15.8 Å². The minimum absolute atomic E-state index is 0.0983. The molecular weight excluding hydrogens is 297 g/mol. The predicted molar refractivity (Wildman–Crippen MR) is 62.7 cm³/mol. The summed E-state index contributed by atoms with van der Waals surface area (Å²) in [5.41, 5.74) is -4.68. The van der Waals surface area contributed by atoms with E-state index in [-0.39, 0.29) is 5.56 Å². The van der Waals surface area contributed by atoms with E-state index in [0.29, 0.717) is 0 Å². The average Bonchev–Trinajstić information content (AvgIpc) is 2.71. The molecule has 1 aliphatic heterocycles. The van der Waals surface area contributed by atoms with E-state index in [0.717, 1.165) is 10.8 Å². The first kappa shape index (κ1) is 15.7. The maximum atomic E-state index is 13.0. The van der Waals surface area contributed by atoms with Crippen molar-refractivity contribution in [2.45, 2.75) is 37.5 Å². The summed E-state index contributed by atoms with van der Waals surface area (Å²) in [5, 5.41) is 18.6. The Kier molecular flexibility index (Phi) is 3.72. The zero-order valence-corrected chi connectivity index (χ0v) is 10.8. The van der Waals surface area contributed by atoms with Gasteiger partial charge >= 0.3 is 11.9 Å². The molecule has 0 aliphatic carbocycles. The number of aliphatic hydroxyl groups excluding tert-OH is 2. The summed E-state index contributed by atoms with van der Waals surface area (Å²) in [5.74, 6) is 0. The normalized spacial score (nSPS) is 29.8. The van der Waals surface area contributed by atoms with Crippen LogP contribution in [0.5, 0.6) is 0 Å². The molecule has 10 heteroatoms. The molecule has 1 aromatic heterocycles. The first-order chi connectivity index (χ1) is 9.62. The fraction of sp³-hybridized carbons (Fsp3) is 0.636. The first-order valence-electron chi connectivity index (χ1n) is 5.98. The number of rotatable bonds is 2. The summed E-state index contributed by atoms with van der Waals surface area (Å²) in [6.07, 6.45) is -8.01. The van der Waals surface area contributed by atoms with Crippen molar-refractivity contribution in [3.05, 3.63) is 32.6 Å². The fourth-order valence-corrected chi connectivity index (χ4v) is 2.21. The number of aryl methyl sites for hydroxylation is 1. The third-order valence-electron chi connectivity index (χ3n) is 3.48. The average molecular weight is 310 g/mol. The molecule has 0 spiro atoms. The molecule has 1 aliphatic rings. The standard InChI is InChI=1S/C11H13F3N2O5/c1-5-3-16(9(20)15-8(5)19)7-2-6(18)10(4-17,21-7)11(12,13)14/h3,6-7,17-18H,2,4H2,1H3,(H,15,19,20)/t6?,7-,10-/m1/s1. The fourth-order valence-electron chi connectivity index (χ4n) is 2.21. The Bertz CT molecular complexity index is 652. The number of H-pyrrole nitrogens is 1. The van der Waals surface area contributed by atoms with Crippen molar-refractivity contribution < 1.29 is 28.1 Å².